The summed E-state index contributed by atoms with van der Waals surface area (Å²) in [6, 6.07) is 12.2. The number of thioether (sulfide) groups is 1. The van der Waals surface area contributed by atoms with Crippen molar-refractivity contribution in [3.63, 3.8) is 0 Å². The standard InChI is InChI=1S/C28H24F3N3O6S/c1-38-27(37)40-15-39-25-19(35)9-11-33-24(25)26(36)32-12-10-28(30,31)13-21(32)34(33)23-17-6-2-3-8-20(17)41-14-16-5-4-7-18(29)22(16)23/h2-9,11,21,23H,10,12-15H2,1H3/t21?,23-/m1/s1. The van der Waals surface area contributed by atoms with Crippen LogP contribution in [-0.2, 0) is 15.2 Å². The van der Waals surface area contributed by atoms with Crippen molar-refractivity contribution in [1.82, 2.24) is 9.58 Å². The molecule has 2 aromatic carbocycles. The molecule has 1 unspecified atom stereocenters. The van der Waals surface area contributed by atoms with Gasteiger partial charge in [0.1, 0.15) is 18.0 Å². The van der Waals surface area contributed by atoms with E-state index in [9.17, 15) is 14.4 Å². The van der Waals surface area contributed by atoms with Crippen molar-refractivity contribution in [3.8, 4) is 5.75 Å². The number of ether oxygens (including phenoxy) is 3. The Labute approximate surface area is 236 Å². The van der Waals surface area contributed by atoms with Gasteiger partial charge in [-0.2, -0.15) is 0 Å². The number of pyridine rings is 1. The molecule has 2 atom stereocenters. The number of carbonyl (C=O) groups excluding carboxylic acids is 2. The molecule has 0 spiro atoms. The van der Waals surface area contributed by atoms with Gasteiger partial charge in [-0.15, -0.1) is 11.8 Å². The number of methoxy groups -OCH3 is 1. The molecule has 41 heavy (non-hydrogen) atoms. The molecule has 214 valence electrons. The van der Waals surface area contributed by atoms with Gasteiger partial charge in [0, 0.05) is 41.4 Å². The number of rotatable bonds is 4. The van der Waals surface area contributed by atoms with Crippen LogP contribution in [0.15, 0.2) is 64.4 Å². The average Bonchev–Trinajstić information content (AvgIpc) is 3.11. The zero-order valence-corrected chi connectivity index (χ0v) is 22.5. The van der Waals surface area contributed by atoms with Gasteiger partial charge in [0.15, 0.2) is 5.69 Å². The van der Waals surface area contributed by atoms with Crippen molar-refractivity contribution in [2.75, 3.05) is 25.5 Å². The summed E-state index contributed by atoms with van der Waals surface area (Å²) in [5.41, 5.74) is 0.676. The molecule has 1 fully saturated rings. The SMILES string of the molecule is COC(=O)OCOc1c2n(ccc1=O)N([C@@H]1c3ccccc3SCc3cccc(F)c31)C1CC(F)(F)CCN1C2=O. The molecule has 6 rings (SSSR count). The van der Waals surface area contributed by atoms with E-state index in [2.05, 4.69) is 4.74 Å². The van der Waals surface area contributed by atoms with Crippen molar-refractivity contribution in [2.24, 2.45) is 0 Å². The van der Waals surface area contributed by atoms with Crippen LogP contribution < -0.4 is 15.2 Å². The fourth-order valence-corrected chi connectivity index (χ4v) is 6.71. The third-order valence-electron chi connectivity index (χ3n) is 7.44. The molecule has 4 heterocycles. The number of carbonyl (C=O) groups is 2. The molecule has 1 aromatic heterocycles. The molecule has 1 saturated heterocycles. The third kappa shape index (κ3) is 4.67. The van der Waals surface area contributed by atoms with Gasteiger partial charge in [0.05, 0.1) is 13.5 Å². The molecule has 3 aliphatic heterocycles. The normalized spacial score (nSPS) is 20.6. The molecule has 0 bridgehead atoms. The highest BCUT2D eigenvalue weighted by molar-refractivity contribution is 7.98. The maximum Gasteiger partial charge on any atom is 0.510 e. The summed E-state index contributed by atoms with van der Waals surface area (Å²) in [7, 11) is 1.09. The number of amides is 1. The molecule has 0 aliphatic carbocycles. The lowest BCUT2D eigenvalue weighted by Gasteiger charge is -2.53. The number of hydrogen-bond donors (Lipinski definition) is 0. The Bertz CT molecular complexity index is 1600. The van der Waals surface area contributed by atoms with Crippen LogP contribution in [0.5, 0.6) is 5.75 Å². The van der Waals surface area contributed by atoms with Crippen molar-refractivity contribution in [1.29, 1.82) is 0 Å². The van der Waals surface area contributed by atoms with Crippen LogP contribution in [0, 0.1) is 5.82 Å². The highest BCUT2D eigenvalue weighted by atomic mass is 32.2. The van der Waals surface area contributed by atoms with E-state index >= 15 is 13.2 Å². The van der Waals surface area contributed by atoms with Crippen molar-refractivity contribution >= 4 is 23.8 Å². The Kier molecular flexibility index (Phi) is 6.84. The van der Waals surface area contributed by atoms with Crippen LogP contribution in [-0.4, -0.2) is 54.2 Å². The van der Waals surface area contributed by atoms with Gasteiger partial charge in [-0.1, -0.05) is 30.3 Å². The molecule has 0 radical (unpaired) electrons. The van der Waals surface area contributed by atoms with E-state index in [0.29, 0.717) is 16.9 Å². The molecule has 3 aliphatic rings. The molecule has 13 heteroatoms. The predicted molar refractivity (Wildman–Crippen MR) is 141 cm³/mol. The lowest BCUT2D eigenvalue weighted by atomic mass is 9.91. The number of benzene rings is 2. The molecule has 0 N–H and O–H groups in total. The van der Waals surface area contributed by atoms with E-state index < -0.39 is 66.8 Å². The minimum atomic E-state index is -3.10. The van der Waals surface area contributed by atoms with Gasteiger partial charge in [-0.25, -0.2) is 18.0 Å². The second-order valence-electron chi connectivity index (χ2n) is 9.77. The number of piperidine rings is 1. The van der Waals surface area contributed by atoms with Crippen LogP contribution >= 0.6 is 11.8 Å². The number of nitrogens with zero attached hydrogens (tertiary/aromatic N) is 3. The first-order chi connectivity index (χ1) is 19.7. The van der Waals surface area contributed by atoms with E-state index in [1.165, 1.54) is 38.6 Å². The second-order valence-corrected chi connectivity index (χ2v) is 10.8. The van der Waals surface area contributed by atoms with Crippen LogP contribution in [0.4, 0.5) is 18.0 Å². The number of halogens is 3. The summed E-state index contributed by atoms with van der Waals surface area (Å²) in [6.45, 7) is -1.05. The largest absolute Gasteiger partial charge is 0.510 e. The van der Waals surface area contributed by atoms with Crippen LogP contribution in [0.3, 0.4) is 0 Å². The van der Waals surface area contributed by atoms with E-state index in [1.807, 2.05) is 12.1 Å². The van der Waals surface area contributed by atoms with Gasteiger partial charge >= 0.3 is 6.16 Å². The minimum Gasteiger partial charge on any atom is -0.451 e. The number of alkyl halides is 2. The predicted octanol–water partition coefficient (Wildman–Crippen LogP) is 4.65. The number of aromatic nitrogens is 1. The molecular formula is C28H24F3N3O6S. The highest BCUT2D eigenvalue weighted by Gasteiger charge is 2.52. The zero-order chi connectivity index (χ0) is 28.9. The Morgan fingerprint density at radius 3 is 2.73 bits per heavy atom. The van der Waals surface area contributed by atoms with E-state index in [-0.39, 0.29) is 17.8 Å². The van der Waals surface area contributed by atoms with Crippen molar-refractivity contribution in [3.05, 3.63) is 93.2 Å². The smallest absolute Gasteiger partial charge is 0.451 e. The first-order valence-electron chi connectivity index (χ1n) is 12.8. The van der Waals surface area contributed by atoms with Gasteiger partial charge in [-0.3, -0.25) is 19.3 Å². The van der Waals surface area contributed by atoms with E-state index in [0.717, 1.165) is 18.1 Å². The van der Waals surface area contributed by atoms with Crippen molar-refractivity contribution in [2.45, 2.75) is 41.6 Å². The maximum absolute atomic E-state index is 15.8. The third-order valence-corrected chi connectivity index (χ3v) is 8.57. The topological polar surface area (TPSA) is 90.3 Å². The van der Waals surface area contributed by atoms with Crippen LogP contribution in [0.2, 0.25) is 0 Å². The average molecular weight is 588 g/mol. The first-order valence-corrected chi connectivity index (χ1v) is 13.7. The maximum atomic E-state index is 15.8. The van der Waals surface area contributed by atoms with Gasteiger partial charge in [0.25, 0.3) is 11.8 Å². The lowest BCUT2D eigenvalue weighted by Crippen LogP contribution is -2.66. The second kappa shape index (κ2) is 10.4. The van der Waals surface area contributed by atoms with Gasteiger partial charge in [-0.05, 0) is 23.3 Å². The molecule has 0 saturated carbocycles. The van der Waals surface area contributed by atoms with Crippen LogP contribution in [0.25, 0.3) is 0 Å². The van der Waals surface area contributed by atoms with E-state index in [1.54, 1.807) is 24.3 Å². The van der Waals surface area contributed by atoms with Gasteiger partial charge < -0.3 is 19.1 Å². The highest BCUT2D eigenvalue weighted by Crippen LogP contribution is 2.47. The fraction of sp³-hybridized carbons (Fsp3) is 0.321. The monoisotopic (exact) mass is 587 g/mol. The number of fused-ring (bicyclic) bond motifs is 4. The summed E-state index contributed by atoms with van der Waals surface area (Å²) >= 11 is 1.49. The summed E-state index contributed by atoms with van der Waals surface area (Å²) in [6.07, 6.45) is -2.24. The molecule has 1 amide bonds. The van der Waals surface area contributed by atoms with Crippen molar-refractivity contribution < 1.29 is 37.0 Å². The fourth-order valence-electron chi connectivity index (χ4n) is 5.63. The molecular weight excluding hydrogens is 563 g/mol. The molecule has 9 nitrogen and oxygen atoms in total. The Morgan fingerprint density at radius 2 is 1.93 bits per heavy atom. The minimum absolute atomic E-state index is 0.250. The Balaban J connectivity index is 1.60. The summed E-state index contributed by atoms with van der Waals surface area (Å²) < 4.78 is 61.7. The number of hydrogen-bond acceptors (Lipinski definition) is 8. The van der Waals surface area contributed by atoms with Crippen LogP contribution in [0.1, 0.15) is 46.1 Å². The Hall–Kier alpha value is -4.13. The van der Waals surface area contributed by atoms with Gasteiger partial charge in [0.2, 0.25) is 18.0 Å². The molecule has 3 aromatic rings. The lowest BCUT2D eigenvalue weighted by molar-refractivity contribution is -0.0786. The Morgan fingerprint density at radius 1 is 1.12 bits per heavy atom. The summed E-state index contributed by atoms with van der Waals surface area (Å²) in [5, 5.41) is 1.53. The quantitative estimate of drug-likeness (QED) is 0.322. The van der Waals surface area contributed by atoms with E-state index in [4.69, 9.17) is 9.47 Å². The first kappa shape index (κ1) is 27.1. The summed E-state index contributed by atoms with van der Waals surface area (Å²) in [4.78, 5) is 40.3. The zero-order valence-electron chi connectivity index (χ0n) is 21.7. The summed E-state index contributed by atoms with van der Waals surface area (Å²) in [5.74, 6) is -4.33.